The predicted octanol–water partition coefficient (Wildman–Crippen LogP) is 3.10. The Hall–Kier alpha value is 0.757. The van der Waals surface area contributed by atoms with Gasteiger partial charge in [-0.25, -0.2) is 0 Å². The van der Waals surface area contributed by atoms with E-state index in [1.165, 1.54) is 0 Å². The lowest BCUT2D eigenvalue weighted by atomic mass is 10.3. The van der Waals surface area contributed by atoms with Gasteiger partial charge in [0, 0.05) is 6.61 Å². The summed E-state index contributed by atoms with van der Waals surface area (Å²) >= 11 is 11.8. The van der Waals surface area contributed by atoms with E-state index in [1.54, 1.807) is 0 Å². The third-order valence-corrected chi connectivity index (χ3v) is 4.58. The van der Waals surface area contributed by atoms with Crippen molar-refractivity contribution in [1.29, 1.82) is 0 Å². The smallest absolute Gasteiger partial charge is 0.389 e. The quantitative estimate of drug-likeness (QED) is 0.501. The largest absolute Gasteiger partial charge is 0.393 e. The van der Waals surface area contributed by atoms with Crippen LogP contribution < -0.4 is 0 Å². The van der Waals surface area contributed by atoms with Crippen LogP contribution in [-0.4, -0.2) is 13.5 Å². The Bertz CT molecular complexity index is 95.7. The molecule has 0 atom stereocenters. The molecule has 62 valence electrons. The Morgan fingerprint density at radius 3 is 2.20 bits per heavy atom. The molecule has 1 nitrogen and oxygen atoms in total. The first-order valence-corrected chi connectivity index (χ1v) is 7.63. The highest BCUT2D eigenvalue weighted by atomic mass is 35.7. The molecule has 0 saturated heterocycles. The Labute approximate surface area is 73.2 Å². The minimum atomic E-state index is -2.32. The van der Waals surface area contributed by atoms with Crippen molar-refractivity contribution < 1.29 is 4.43 Å². The third kappa shape index (κ3) is 5.53. The number of halogens is 2. The second-order valence-corrected chi connectivity index (χ2v) is 8.88. The van der Waals surface area contributed by atoms with Gasteiger partial charge in [-0.05, 0) is 18.9 Å². The standard InChI is InChI=1S/C6H14Cl2OSi/c1-4-9-10(7,8)5-6(2)3/h6H,4-5H2,1-3H3. The summed E-state index contributed by atoms with van der Waals surface area (Å²) in [5.74, 6) is 0.521. The van der Waals surface area contributed by atoms with Gasteiger partial charge in [-0.15, -0.1) is 22.2 Å². The molecule has 0 radical (unpaired) electrons. The Balaban J connectivity index is 3.63. The van der Waals surface area contributed by atoms with Crippen LogP contribution in [0.5, 0.6) is 0 Å². The van der Waals surface area contributed by atoms with Crippen LogP contribution >= 0.6 is 22.2 Å². The zero-order valence-electron chi connectivity index (χ0n) is 6.66. The van der Waals surface area contributed by atoms with E-state index >= 15 is 0 Å². The average Bonchev–Trinajstić information content (AvgIpc) is 1.59. The van der Waals surface area contributed by atoms with Crippen LogP contribution in [0, 0.1) is 5.92 Å². The van der Waals surface area contributed by atoms with Gasteiger partial charge in [-0.3, -0.25) is 0 Å². The van der Waals surface area contributed by atoms with Crippen molar-refractivity contribution in [1.82, 2.24) is 0 Å². The Kier molecular flexibility index (Phi) is 4.95. The molecule has 0 fully saturated rings. The van der Waals surface area contributed by atoms with E-state index in [0.717, 1.165) is 6.04 Å². The molecule has 4 heteroatoms. The van der Waals surface area contributed by atoms with Gasteiger partial charge in [-0.1, -0.05) is 13.8 Å². The molecule has 0 aromatic carbocycles. The summed E-state index contributed by atoms with van der Waals surface area (Å²) in [6.45, 7) is 4.38. The van der Waals surface area contributed by atoms with Crippen molar-refractivity contribution in [3.63, 3.8) is 0 Å². The SMILES string of the molecule is CCO[Si](Cl)(Cl)CC(C)C. The predicted molar refractivity (Wildman–Crippen MR) is 48.7 cm³/mol. The number of hydrogen-bond donors (Lipinski definition) is 0. The highest BCUT2D eigenvalue weighted by Crippen LogP contribution is 2.25. The molecule has 0 aliphatic carbocycles. The number of hydrogen-bond acceptors (Lipinski definition) is 1. The Morgan fingerprint density at radius 2 is 1.90 bits per heavy atom. The molecule has 0 N–H and O–H groups in total. The van der Waals surface area contributed by atoms with Gasteiger partial charge in [0.25, 0.3) is 0 Å². The van der Waals surface area contributed by atoms with Crippen LogP contribution in [0.25, 0.3) is 0 Å². The topological polar surface area (TPSA) is 9.23 Å². The van der Waals surface area contributed by atoms with Crippen LogP contribution in [-0.2, 0) is 4.43 Å². The first-order chi connectivity index (χ1) is 4.48. The molecule has 0 spiro atoms. The van der Waals surface area contributed by atoms with E-state index in [4.69, 9.17) is 26.6 Å². The van der Waals surface area contributed by atoms with E-state index in [1.807, 2.05) is 6.92 Å². The zero-order valence-corrected chi connectivity index (χ0v) is 9.17. The maximum atomic E-state index is 5.91. The van der Waals surface area contributed by atoms with E-state index in [-0.39, 0.29) is 0 Å². The molecule has 0 saturated carbocycles. The highest BCUT2D eigenvalue weighted by molar-refractivity contribution is 7.42. The van der Waals surface area contributed by atoms with Gasteiger partial charge < -0.3 is 4.43 Å². The Morgan fingerprint density at radius 1 is 1.40 bits per heavy atom. The molecule has 0 rings (SSSR count). The van der Waals surface area contributed by atoms with Gasteiger partial charge in [0.2, 0.25) is 0 Å². The number of rotatable bonds is 4. The third-order valence-electron chi connectivity index (χ3n) is 1.00. The summed E-state index contributed by atoms with van der Waals surface area (Å²) in [6.07, 6.45) is 0. The maximum absolute atomic E-state index is 5.91. The van der Waals surface area contributed by atoms with Crippen LogP contribution in [0.1, 0.15) is 20.8 Å². The second kappa shape index (κ2) is 4.60. The van der Waals surface area contributed by atoms with Crippen LogP contribution in [0.15, 0.2) is 0 Å². The first-order valence-electron chi connectivity index (χ1n) is 3.49. The first kappa shape index (κ1) is 10.8. The van der Waals surface area contributed by atoms with E-state index in [2.05, 4.69) is 13.8 Å². The van der Waals surface area contributed by atoms with Crippen LogP contribution in [0.4, 0.5) is 0 Å². The van der Waals surface area contributed by atoms with Crippen LogP contribution in [0.2, 0.25) is 6.04 Å². The molecule has 0 amide bonds. The van der Waals surface area contributed by atoms with E-state index in [0.29, 0.717) is 12.5 Å². The summed E-state index contributed by atoms with van der Waals surface area (Å²) in [6, 6.07) is 0.809. The van der Waals surface area contributed by atoms with Crippen molar-refractivity contribution in [2.24, 2.45) is 5.92 Å². The fraction of sp³-hybridized carbons (Fsp3) is 1.00. The molecule has 0 heterocycles. The molecule has 0 aliphatic heterocycles. The highest BCUT2D eigenvalue weighted by Gasteiger charge is 2.30. The van der Waals surface area contributed by atoms with Crippen LogP contribution in [0.3, 0.4) is 0 Å². The van der Waals surface area contributed by atoms with Gasteiger partial charge in [0.1, 0.15) is 0 Å². The minimum Gasteiger partial charge on any atom is -0.393 e. The van der Waals surface area contributed by atoms with Crippen molar-refractivity contribution in [2.75, 3.05) is 6.61 Å². The zero-order chi connectivity index (χ0) is 8.20. The monoisotopic (exact) mass is 200 g/mol. The van der Waals surface area contributed by atoms with Gasteiger partial charge in [-0.2, -0.15) is 0 Å². The molecular weight excluding hydrogens is 187 g/mol. The van der Waals surface area contributed by atoms with Gasteiger partial charge in [0.15, 0.2) is 0 Å². The van der Waals surface area contributed by atoms with Gasteiger partial charge in [0.05, 0.1) is 0 Å². The van der Waals surface area contributed by atoms with E-state index in [9.17, 15) is 0 Å². The molecular formula is C6H14Cl2OSi. The molecule has 0 aliphatic rings. The fourth-order valence-electron chi connectivity index (χ4n) is 0.745. The van der Waals surface area contributed by atoms with Crippen molar-refractivity contribution in [3.05, 3.63) is 0 Å². The summed E-state index contributed by atoms with van der Waals surface area (Å²) in [7, 11) is 0. The summed E-state index contributed by atoms with van der Waals surface area (Å²) in [5.41, 5.74) is 0. The lowest BCUT2D eigenvalue weighted by Crippen LogP contribution is -2.26. The normalized spacial score (nSPS) is 12.6. The molecule has 0 aromatic rings. The van der Waals surface area contributed by atoms with Crippen molar-refractivity contribution >= 4 is 29.1 Å². The molecule has 10 heavy (non-hydrogen) atoms. The lowest BCUT2D eigenvalue weighted by molar-refractivity contribution is 0.344. The summed E-state index contributed by atoms with van der Waals surface area (Å²) in [5, 5.41) is 0. The molecule has 0 bridgehead atoms. The minimum absolute atomic E-state index is 0.521. The van der Waals surface area contributed by atoms with E-state index < -0.39 is 6.94 Å². The molecule has 0 aromatic heterocycles. The fourth-order valence-corrected chi connectivity index (χ4v) is 4.74. The average molecular weight is 201 g/mol. The lowest BCUT2D eigenvalue weighted by Gasteiger charge is -2.17. The van der Waals surface area contributed by atoms with Crippen molar-refractivity contribution in [2.45, 2.75) is 26.8 Å². The van der Waals surface area contributed by atoms with Gasteiger partial charge >= 0.3 is 6.94 Å². The summed E-state index contributed by atoms with van der Waals surface area (Å²) in [4.78, 5) is 0. The molecule has 0 unspecified atom stereocenters. The second-order valence-electron chi connectivity index (χ2n) is 2.67. The summed E-state index contributed by atoms with van der Waals surface area (Å²) < 4.78 is 5.21. The van der Waals surface area contributed by atoms with Crippen molar-refractivity contribution in [3.8, 4) is 0 Å². The maximum Gasteiger partial charge on any atom is 0.389 e.